The van der Waals surface area contributed by atoms with Gasteiger partial charge in [-0.3, -0.25) is 4.79 Å². The molecule has 5 heteroatoms. The van der Waals surface area contributed by atoms with Gasteiger partial charge in [-0.1, -0.05) is 29.8 Å². The maximum atomic E-state index is 12.1. The van der Waals surface area contributed by atoms with Gasteiger partial charge in [0.2, 0.25) is 0 Å². The van der Waals surface area contributed by atoms with Gasteiger partial charge >= 0.3 is 0 Å². The van der Waals surface area contributed by atoms with E-state index in [0.717, 1.165) is 22.6 Å². The van der Waals surface area contributed by atoms with Gasteiger partial charge < -0.3 is 15.4 Å². The number of aryl methyl sites for hydroxylation is 1. The number of hydrogen-bond acceptors (Lipinski definition) is 4. The van der Waals surface area contributed by atoms with Gasteiger partial charge in [-0.25, -0.2) is 0 Å². The summed E-state index contributed by atoms with van der Waals surface area (Å²) < 4.78 is 5.11. The quantitative estimate of drug-likeness (QED) is 0.602. The molecule has 128 valence electrons. The first-order chi connectivity index (χ1) is 12.1. The molecule has 0 heterocycles. The lowest BCUT2D eigenvalue weighted by Gasteiger charge is -2.06. The standard InChI is InChI=1S/C20H21N3O2/c1-15-3-7-18(8-4-15)23-14-17(13-21)20(24)22-12-11-16-5-9-19(25-2)10-6-16/h3-10,14,23H,11-12H2,1-2H3,(H,22,24)/b17-14-. The van der Waals surface area contributed by atoms with Crippen LogP contribution in [0.1, 0.15) is 11.1 Å². The molecule has 0 aromatic heterocycles. The van der Waals surface area contributed by atoms with E-state index < -0.39 is 5.91 Å². The fraction of sp³-hybridized carbons (Fsp3) is 0.200. The van der Waals surface area contributed by atoms with E-state index in [0.29, 0.717) is 13.0 Å². The first-order valence-corrected chi connectivity index (χ1v) is 7.97. The van der Waals surface area contributed by atoms with E-state index in [1.165, 1.54) is 6.20 Å². The number of benzene rings is 2. The van der Waals surface area contributed by atoms with Crippen molar-refractivity contribution in [2.24, 2.45) is 0 Å². The Balaban J connectivity index is 1.85. The number of nitriles is 1. The van der Waals surface area contributed by atoms with Crippen LogP contribution in [0.4, 0.5) is 5.69 Å². The second-order valence-corrected chi connectivity index (χ2v) is 5.53. The predicted molar refractivity (Wildman–Crippen MR) is 98.2 cm³/mol. The highest BCUT2D eigenvalue weighted by atomic mass is 16.5. The van der Waals surface area contributed by atoms with E-state index in [4.69, 9.17) is 10.00 Å². The Labute approximate surface area is 147 Å². The summed E-state index contributed by atoms with van der Waals surface area (Å²) in [7, 11) is 1.62. The lowest BCUT2D eigenvalue weighted by atomic mass is 10.1. The number of ether oxygens (including phenoxy) is 1. The number of carbonyl (C=O) groups excluding carboxylic acids is 1. The highest BCUT2D eigenvalue weighted by molar-refractivity contribution is 5.97. The first kappa shape index (κ1) is 18.1. The summed E-state index contributed by atoms with van der Waals surface area (Å²) in [6.07, 6.45) is 2.10. The Morgan fingerprint density at radius 1 is 1.16 bits per heavy atom. The third kappa shape index (κ3) is 5.70. The summed E-state index contributed by atoms with van der Waals surface area (Å²) in [5.74, 6) is 0.403. The van der Waals surface area contributed by atoms with Crippen LogP contribution in [0.3, 0.4) is 0 Å². The number of methoxy groups -OCH3 is 1. The molecule has 0 aliphatic carbocycles. The lowest BCUT2D eigenvalue weighted by molar-refractivity contribution is -0.117. The van der Waals surface area contributed by atoms with Crippen LogP contribution < -0.4 is 15.4 Å². The van der Waals surface area contributed by atoms with Gasteiger partial charge in [0.05, 0.1) is 7.11 Å². The highest BCUT2D eigenvalue weighted by Gasteiger charge is 2.08. The topological polar surface area (TPSA) is 74.1 Å². The van der Waals surface area contributed by atoms with Crippen molar-refractivity contribution < 1.29 is 9.53 Å². The molecule has 0 bridgehead atoms. The molecule has 0 saturated heterocycles. The summed E-state index contributed by atoms with van der Waals surface area (Å²) in [5.41, 5.74) is 3.09. The molecule has 0 fully saturated rings. The summed E-state index contributed by atoms with van der Waals surface area (Å²) in [6, 6.07) is 17.3. The molecule has 2 rings (SSSR count). The monoisotopic (exact) mass is 335 g/mol. The number of rotatable bonds is 7. The molecule has 0 saturated carbocycles. The average molecular weight is 335 g/mol. The van der Waals surface area contributed by atoms with E-state index in [2.05, 4.69) is 10.6 Å². The molecular formula is C20H21N3O2. The summed E-state index contributed by atoms with van der Waals surface area (Å²) >= 11 is 0. The van der Waals surface area contributed by atoms with Crippen LogP contribution >= 0.6 is 0 Å². The van der Waals surface area contributed by atoms with Gasteiger partial charge in [-0.2, -0.15) is 5.26 Å². The summed E-state index contributed by atoms with van der Waals surface area (Å²) in [4.78, 5) is 12.1. The van der Waals surface area contributed by atoms with Crippen LogP contribution in [0.2, 0.25) is 0 Å². The summed E-state index contributed by atoms with van der Waals surface area (Å²) in [6.45, 7) is 2.45. The van der Waals surface area contributed by atoms with Gasteiger partial charge in [0, 0.05) is 18.4 Å². The number of anilines is 1. The van der Waals surface area contributed by atoms with Gasteiger partial charge in [0.25, 0.3) is 5.91 Å². The average Bonchev–Trinajstić information content (AvgIpc) is 2.64. The van der Waals surface area contributed by atoms with Gasteiger partial charge in [0.15, 0.2) is 0 Å². The summed E-state index contributed by atoms with van der Waals surface area (Å²) in [5, 5.41) is 14.9. The Bertz CT molecular complexity index is 772. The van der Waals surface area contributed by atoms with Crippen molar-refractivity contribution in [1.29, 1.82) is 5.26 Å². The lowest BCUT2D eigenvalue weighted by Crippen LogP contribution is -2.27. The third-order valence-electron chi connectivity index (χ3n) is 3.66. The van der Waals surface area contributed by atoms with Crippen LogP contribution in [0, 0.1) is 18.3 Å². The molecule has 0 atom stereocenters. The Kier molecular flexibility index (Phi) is 6.61. The van der Waals surface area contributed by atoms with Crippen LogP contribution in [-0.4, -0.2) is 19.6 Å². The molecule has 1 amide bonds. The van der Waals surface area contributed by atoms with Crippen LogP contribution in [-0.2, 0) is 11.2 Å². The number of nitrogens with one attached hydrogen (secondary N) is 2. The van der Waals surface area contributed by atoms with E-state index >= 15 is 0 Å². The maximum Gasteiger partial charge on any atom is 0.263 e. The highest BCUT2D eigenvalue weighted by Crippen LogP contribution is 2.11. The van der Waals surface area contributed by atoms with Crippen molar-refractivity contribution in [2.45, 2.75) is 13.3 Å². The maximum absolute atomic E-state index is 12.1. The second kappa shape index (κ2) is 9.14. The molecule has 0 spiro atoms. The van der Waals surface area contributed by atoms with E-state index in [-0.39, 0.29) is 5.57 Å². The molecule has 2 aromatic carbocycles. The minimum atomic E-state index is -0.393. The van der Waals surface area contributed by atoms with Crippen molar-refractivity contribution in [3.63, 3.8) is 0 Å². The predicted octanol–water partition coefficient (Wildman–Crippen LogP) is 3.18. The first-order valence-electron chi connectivity index (χ1n) is 7.97. The zero-order chi connectivity index (χ0) is 18.1. The Morgan fingerprint density at radius 2 is 1.84 bits per heavy atom. The molecular weight excluding hydrogens is 314 g/mol. The molecule has 0 aliphatic heterocycles. The number of hydrogen-bond donors (Lipinski definition) is 2. The minimum absolute atomic E-state index is 0.0373. The van der Waals surface area contributed by atoms with Gasteiger partial charge in [-0.15, -0.1) is 0 Å². The second-order valence-electron chi connectivity index (χ2n) is 5.53. The minimum Gasteiger partial charge on any atom is -0.497 e. The zero-order valence-electron chi connectivity index (χ0n) is 14.4. The fourth-order valence-electron chi connectivity index (χ4n) is 2.16. The molecule has 5 nitrogen and oxygen atoms in total. The van der Waals surface area contributed by atoms with Crippen molar-refractivity contribution in [3.05, 3.63) is 71.4 Å². The van der Waals surface area contributed by atoms with E-state index in [1.807, 2.05) is 61.5 Å². The zero-order valence-corrected chi connectivity index (χ0v) is 14.4. The molecule has 2 aromatic rings. The third-order valence-corrected chi connectivity index (χ3v) is 3.66. The van der Waals surface area contributed by atoms with Crippen LogP contribution in [0.5, 0.6) is 5.75 Å². The van der Waals surface area contributed by atoms with Crippen LogP contribution in [0.15, 0.2) is 60.3 Å². The molecule has 0 unspecified atom stereocenters. The van der Waals surface area contributed by atoms with Gasteiger partial charge in [-0.05, 0) is 43.2 Å². The Hall–Kier alpha value is -3.26. The largest absolute Gasteiger partial charge is 0.497 e. The van der Waals surface area contributed by atoms with Crippen molar-refractivity contribution in [1.82, 2.24) is 5.32 Å². The number of amides is 1. The smallest absolute Gasteiger partial charge is 0.263 e. The van der Waals surface area contributed by atoms with Crippen molar-refractivity contribution in [3.8, 4) is 11.8 Å². The molecule has 0 aliphatic rings. The fourth-order valence-corrected chi connectivity index (χ4v) is 2.16. The van der Waals surface area contributed by atoms with Crippen molar-refractivity contribution in [2.75, 3.05) is 19.0 Å². The molecule has 0 radical (unpaired) electrons. The SMILES string of the molecule is COc1ccc(CCNC(=O)/C(C#N)=C\Nc2ccc(C)cc2)cc1. The van der Waals surface area contributed by atoms with Crippen LogP contribution in [0.25, 0.3) is 0 Å². The normalized spacial score (nSPS) is 10.7. The van der Waals surface area contributed by atoms with E-state index in [9.17, 15) is 4.79 Å². The number of nitrogens with zero attached hydrogens (tertiary/aromatic N) is 1. The van der Waals surface area contributed by atoms with Crippen molar-refractivity contribution >= 4 is 11.6 Å². The van der Waals surface area contributed by atoms with Gasteiger partial charge in [0.1, 0.15) is 17.4 Å². The Morgan fingerprint density at radius 3 is 2.44 bits per heavy atom. The molecule has 2 N–H and O–H groups in total. The molecule has 25 heavy (non-hydrogen) atoms. The number of carbonyl (C=O) groups is 1. The van der Waals surface area contributed by atoms with E-state index in [1.54, 1.807) is 7.11 Å².